The van der Waals surface area contributed by atoms with Gasteiger partial charge >= 0.3 is 0 Å². The predicted molar refractivity (Wildman–Crippen MR) is 91.9 cm³/mol. The third-order valence-electron chi connectivity index (χ3n) is 4.12. The molecule has 0 atom stereocenters. The SMILES string of the molecule is CNC(=O)c1cc(S(=O)(=O)NCCN2CCCCC2)ccc1OC. The number of piperidine rings is 1. The van der Waals surface area contributed by atoms with E-state index in [-0.39, 0.29) is 10.5 Å². The zero-order valence-electron chi connectivity index (χ0n) is 14.2. The van der Waals surface area contributed by atoms with Crippen LogP contribution in [0.5, 0.6) is 5.75 Å². The van der Waals surface area contributed by atoms with E-state index in [9.17, 15) is 13.2 Å². The maximum absolute atomic E-state index is 12.4. The van der Waals surface area contributed by atoms with Crippen LogP contribution in [-0.4, -0.2) is 59.6 Å². The summed E-state index contributed by atoms with van der Waals surface area (Å²) in [6.07, 6.45) is 3.58. The molecule has 2 N–H and O–H groups in total. The summed E-state index contributed by atoms with van der Waals surface area (Å²) in [6, 6.07) is 4.26. The van der Waals surface area contributed by atoms with Crippen molar-refractivity contribution in [3.63, 3.8) is 0 Å². The molecule has 0 saturated carbocycles. The molecule has 1 saturated heterocycles. The number of carbonyl (C=O) groups excluding carboxylic acids is 1. The first-order chi connectivity index (χ1) is 11.5. The van der Waals surface area contributed by atoms with Crippen LogP contribution in [0.4, 0.5) is 0 Å². The molecule has 24 heavy (non-hydrogen) atoms. The number of nitrogens with zero attached hydrogens (tertiary/aromatic N) is 1. The quantitative estimate of drug-likeness (QED) is 0.756. The van der Waals surface area contributed by atoms with Crippen LogP contribution >= 0.6 is 0 Å². The van der Waals surface area contributed by atoms with Crippen molar-refractivity contribution in [1.82, 2.24) is 14.9 Å². The van der Waals surface area contributed by atoms with Crippen LogP contribution in [0.15, 0.2) is 23.1 Å². The van der Waals surface area contributed by atoms with Crippen LogP contribution in [0.2, 0.25) is 0 Å². The Morgan fingerprint density at radius 2 is 1.96 bits per heavy atom. The van der Waals surface area contributed by atoms with Gasteiger partial charge in [-0.05, 0) is 44.1 Å². The van der Waals surface area contributed by atoms with E-state index in [1.165, 1.54) is 51.6 Å². The minimum Gasteiger partial charge on any atom is -0.496 e. The molecule has 1 aliphatic rings. The molecule has 0 aliphatic carbocycles. The van der Waals surface area contributed by atoms with Crippen LogP contribution in [0.25, 0.3) is 0 Å². The predicted octanol–water partition coefficient (Wildman–Crippen LogP) is 0.819. The highest BCUT2D eigenvalue weighted by molar-refractivity contribution is 7.89. The third kappa shape index (κ3) is 4.68. The molecule has 1 aliphatic heterocycles. The molecule has 0 radical (unpaired) electrons. The Morgan fingerprint density at radius 3 is 2.58 bits per heavy atom. The van der Waals surface area contributed by atoms with E-state index >= 15 is 0 Å². The van der Waals surface area contributed by atoms with Crippen LogP contribution in [0.3, 0.4) is 0 Å². The Kier molecular flexibility index (Phi) is 6.59. The van der Waals surface area contributed by atoms with E-state index in [1.807, 2.05) is 0 Å². The number of amides is 1. The number of hydrogen-bond acceptors (Lipinski definition) is 5. The Hall–Kier alpha value is -1.64. The second-order valence-electron chi connectivity index (χ2n) is 5.74. The first-order valence-corrected chi connectivity index (χ1v) is 9.58. The summed E-state index contributed by atoms with van der Waals surface area (Å²) in [6.45, 7) is 3.08. The van der Waals surface area contributed by atoms with Crippen molar-refractivity contribution in [1.29, 1.82) is 0 Å². The van der Waals surface area contributed by atoms with Gasteiger partial charge in [-0.25, -0.2) is 13.1 Å². The number of nitrogens with one attached hydrogen (secondary N) is 2. The van der Waals surface area contributed by atoms with Gasteiger partial charge in [0.05, 0.1) is 17.6 Å². The van der Waals surface area contributed by atoms with Gasteiger partial charge in [0.15, 0.2) is 0 Å². The second kappa shape index (κ2) is 8.46. The molecule has 0 spiro atoms. The molecule has 8 heteroatoms. The number of benzene rings is 1. The van der Waals surface area contributed by atoms with Gasteiger partial charge in [-0.3, -0.25) is 4.79 Å². The lowest BCUT2D eigenvalue weighted by atomic mass is 10.1. The molecule has 1 amide bonds. The summed E-state index contributed by atoms with van der Waals surface area (Å²) in [7, 11) is -0.739. The third-order valence-corrected chi connectivity index (χ3v) is 5.58. The molecule has 134 valence electrons. The molecule has 1 aromatic rings. The Bertz CT molecular complexity index is 670. The molecule has 1 fully saturated rings. The van der Waals surface area contributed by atoms with Crippen LogP contribution < -0.4 is 14.8 Å². The Balaban J connectivity index is 2.06. The van der Waals surface area contributed by atoms with Crippen molar-refractivity contribution in [2.75, 3.05) is 40.3 Å². The monoisotopic (exact) mass is 355 g/mol. The lowest BCUT2D eigenvalue weighted by Crippen LogP contribution is -2.37. The van der Waals surface area contributed by atoms with Crippen molar-refractivity contribution in [2.24, 2.45) is 0 Å². The van der Waals surface area contributed by atoms with Crippen LogP contribution in [0, 0.1) is 0 Å². The number of hydrogen-bond donors (Lipinski definition) is 2. The summed E-state index contributed by atoms with van der Waals surface area (Å²) in [5.41, 5.74) is 0.193. The molecule has 1 aromatic carbocycles. The molecule has 7 nitrogen and oxygen atoms in total. The fourth-order valence-electron chi connectivity index (χ4n) is 2.77. The summed E-state index contributed by atoms with van der Waals surface area (Å²) in [4.78, 5) is 14.2. The van der Waals surface area contributed by atoms with Crippen LogP contribution in [0.1, 0.15) is 29.6 Å². The smallest absolute Gasteiger partial charge is 0.254 e. The number of carbonyl (C=O) groups is 1. The van der Waals surface area contributed by atoms with E-state index in [0.29, 0.717) is 18.8 Å². The second-order valence-corrected chi connectivity index (χ2v) is 7.51. The van der Waals surface area contributed by atoms with Gasteiger partial charge in [-0.15, -0.1) is 0 Å². The summed E-state index contributed by atoms with van der Waals surface area (Å²) < 4.78 is 32.6. The van der Waals surface area contributed by atoms with Gasteiger partial charge in [0.1, 0.15) is 5.75 Å². The van der Waals surface area contributed by atoms with E-state index in [2.05, 4.69) is 14.9 Å². The fourth-order valence-corrected chi connectivity index (χ4v) is 3.82. The topological polar surface area (TPSA) is 87.7 Å². The summed E-state index contributed by atoms with van der Waals surface area (Å²) in [5, 5.41) is 2.48. The molecule has 2 rings (SSSR count). The van der Waals surface area contributed by atoms with Crippen molar-refractivity contribution < 1.29 is 17.9 Å². The number of sulfonamides is 1. The van der Waals surface area contributed by atoms with Gasteiger partial charge in [0.2, 0.25) is 10.0 Å². The highest BCUT2D eigenvalue weighted by Gasteiger charge is 2.19. The fraction of sp³-hybridized carbons (Fsp3) is 0.562. The zero-order chi connectivity index (χ0) is 17.6. The highest BCUT2D eigenvalue weighted by atomic mass is 32.2. The maximum atomic E-state index is 12.4. The Labute approximate surface area is 143 Å². The molecule has 0 bridgehead atoms. The largest absolute Gasteiger partial charge is 0.496 e. The normalized spacial score (nSPS) is 15.9. The van der Waals surface area contributed by atoms with Crippen molar-refractivity contribution >= 4 is 15.9 Å². The highest BCUT2D eigenvalue weighted by Crippen LogP contribution is 2.22. The summed E-state index contributed by atoms with van der Waals surface area (Å²) in [5.74, 6) is -0.0566. The van der Waals surface area contributed by atoms with Crippen molar-refractivity contribution in [3.8, 4) is 5.75 Å². The number of rotatable bonds is 7. The zero-order valence-corrected chi connectivity index (χ0v) is 15.0. The lowest BCUT2D eigenvalue weighted by Gasteiger charge is -2.26. The van der Waals surface area contributed by atoms with Gasteiger partial charge in [0, 0.05) is 20.1 Å². The van der Waals surface area contributed by atoms with Crippen molar-refractivity contribution in [2.45, 2.75) is 24.2 Å². The van der Waals surface area contributed by atoms with Gasteiger partial charge < -0.3 is 15.0 Å². The first kappa shape index (κ1) is 18.7. The molecular weight excluding hydrogens is 330 g/mol. The maximum Gasteiger partial charge on any atom is 0.254 e. The molecule has 1 heterocycles. The average Bonchev–Trinajstić information content (AvgIpc) is 2.61. The number of methoxy groups -OCH3 is 1. The van der Waals surface area contributed by atoms with Gasteiger partial charge in [-0.1, -0.05) is 6.42 Å². The minimum atomic E-state index is -3.66. The van der Waals surface area contributed by atoms with Crippen LogP contribution in [-0.2, 0) is 10.0 Å². The number of likely N-dealkylation sites (tertiary alicyclic amines) is 1. The first-order valence-electron chi connectivity index (χ1n) is 8.10. The minimum absolute atomic E-state index is 0.0561. The Morgan fingerprint density at radius 1 is 1.25 bits per heavy atom. The van der Waals surface area contributed by atoms with E-state index < -0.39 is 15.9 Å². The summed E-state index contributed by atoms with van der Waals surface area (Å²) >= 11 is 0. The molecule has 0 aromatic heterocycles. The average molecular weight is 355 g/mol. The van der Waals surface area contributed by atoms with E-state index in [4.69, 9.17) is 4.74 Å². The number of ether oxygens (including phenoxy) is 1. The van der Waals surface area contributed by atoms with E-state index in [1.54, 1.807) is 0 Å². The van der Waals surface area contributed by atoms with E-state index in [0.717, 1.165) is 13.1 Å². The molecular formula is C16H25N3O4S. The lowest BCUT2D eigenvalue weighted by molar-refractivity contribution is 0.0960. The molecule has 0 unspecified atom stereocenters. The van der Waals surface area contributed by atoms with Crippen molar-refractivity contribution in [3.05, 3.63) is 23.8 Å². The van der Waals surface area contributed by atoms with Gasteiger partial charge in [0.25, 0.3) is 5.91 Å². The van der Waals surface area contributed by atoms with Gasteiger partial charge in [-0.2, -0.15) is 0 Å². The standard InChI is InChI=1S/C16H25N3O4S/c1-17-16(20)14-12-13(6-7-15(14)23-2)24(21,22)18-8-11-19-9-4-3-5-10-19/h6-7,12,18H,3-5,8-11H2,1-2H3,(H,17,20).